The summed E-state index contributed by atoms with van der Waals surface area (Å²) in [6.45, 7) is 3.00. The topological polar surface area (TPSA) is 75.3 Å². The van der Waals surface area contributed by atoms with Crippen molar-refractivity contribution >= 4 is 17.6 Å². The summed E-state index contributed by atoms with van der Waals surface area (Å²) in [5.74, 6) is 2.76. The molecule has 7 heteroatoms. The molecule has 6 nitrogen and oxygen atoms in total. The van der Waals surface area contributed by atoms with Crippen LogP contribution >= 0.6 is 11.6 Å². The van der Waals surface area contributed by atoms with Crippen LogP contribution in [0.25, 0.3) is 11.4 Å². The highest BCUT2D eigenvalue weighted by atomic mass is 35.5. The molecule has 2 unspecified atom stereocenters. The molecule has 1 aliphatic rings. The third-order valence-corrected chi connectivity index (χ3v) is 4.92. The summed E-state index contributed by atoms with van der Waals surface area (Å²) in [6.07, 6.45) is 5.65. The van der Waals surface area contributed by atoms with Gasteiger partial charge in [-0.2, -0.15) is 4.98 Å². The van der Waals surface area contributed by atoms with Gasteiger partial charge in [0.1, 0.15) is 0 Å². The Kier molecular flexibility index (Phi) is 6.50. The minimum atomic E-state index is 0.503. The van der Waals surface area contributed by atoms with Gasteiger partial charge in [0.25, 0.3) is 0 Å². The summed E-state index contributed by atoms with van der Waals surface area (Å²) in [6, 6.07) is 7.93. The zero-order chi connectivity index (χ0) is 18.4. The molecule has 0 radical (unpaired) electrons. The Hall–Kier alpha value is -2.08. The normalized spacial score (nSPS) is 20.8. The Bertz CT molecular complexity index is 745. The summed E-state index contributed by atoms with van der Waals surface area (Å²) in [5, 5.41) is 11.5. The Labute approximate surface area is 159 Å². The third-order valence-electron chi connectivity index (χ3n) is 4.68. The van der Waals surface area contributed by atoms with Gasteiger partial charge < -0.3 is 15.2 Å². The summed E-state index contributed by atoms with van der Waals surface area (Å²) in [5.41, 5.74) is 0.851. The quantitative estimate of drug-likeness (QED) is 0.616. The van der Waals surface area contributed by atoms with Crippen LogP contribution in [-0.2, 0) is 6.42 Å². The molecule has 2 atom stereocenters. The molecule has 2 N–H and O–H groups in total. The van der Waals surface area contributed by atoms with Gasteiger partial charge in [-0.15, -0.1) is 0 Å². The van der Waals surface area contributed by atoms with Crippen LogP contribution in [0.15, 0.2) is 33.8 Å². The number of aliphatic imine (C=N–C) groups is 1. The second-order valence-electron chi connectivity index (χ2n) is 6.88. The minimum Gasteiger partial charge on any atom is -0.356 e. The number of guanidine groups is 1. The maximum Gasteiger partial charge on any atom is 0.228 e. The van der Waals surface area contributed by atoms with Crippen LogP contribution in [0.1, 0.15) is 38.5 Å². The molecule has 1 heterocycles. The summed E-state index contributed by atoms with van der Waals surface area (Å²) in [7, 11) is 1.80. The van der Waals surface area contributed by atoms with E-state index in [4.69, 9.17) is 16.1 Å². The lowest BCUT2D eigenvalue weighted by atomic mass is 9.87. The van der Waals surface area contributed by atoms with E-state index in [9.17, 15) is 0 Å². The fraction of sp³-hybridized carbons (Fsp3) is 0.526. The number of nitrogens with one attached hydrogen (secondary N) is 2. The largest absolute Gasteiger partial charge is 0.356 e. The van der Waals surface area contributed by atoms with Crippen molar-refractivity contribution in [1.29, 1.82) is 0 Å². The SMILES string of the molecule is CN=C(NCCc1nc(-c2cccc(Cl)c2)no1)NC1CCCC(C)C1. The van der Waals surface area contributed by atoms with Crippen LogP contribution < -0.4 is 10.6 Å². The Morgan fingerprint density at radius 3 is 3.04 bits per heavy atom. The van der Waals surface area contributed by atoms with Gasteiger partial charge in [-0.05, 0) is 30.9 Å². The number of rotatable bonds is 5. The first-order valence-electron chi connectivity index (χ1n) is 9.19. The summed E-state index contributed by atoms with van der Waals surface area (Å²) in [4.78, 5) is 8.75. The van der Waals surface area contributed by atoms with Crippen LogP contribution in [-0.4, -0.2) is 35.7 Å². The monoisotopic (exact) mass is 375 g/mol. The molecule has 0 saturated heterocycles. The van der Waals surface area contributed by atoms with E-state index < -0.39 is 0 Å². The van der Waals surface area contributed by atoms with Gasteiger partial charge in [0.2, 0.25) is 11.7 Å². The van der Waals surface area contributed by atoms with E-state index in [0.717, 1.165) is 17.4 Å². The van der Waals surface area contributed by atoms with Crippen LogP contribution in [0.3, 0.4) is 0 Å². The fourth-order valence-electron chi connectivity index (χ4n) is 3.34. The standard InChI is InChI=1S/C19H26ClN5O/c1-13-5-3-8-16(11-13)23-19(21-2)22-10-9-17-24-18(25-26-17)14-6-4-7-15(20)12-14/h4,6-7,12-13,16H,3,5,8-11H2,1-2H3,(H2,21,22,23). The molecule has 1 aliphatic carbocycles. The van der Waals surface area contributed by atoms with Gasteiger partial charge in [-0.3, -0.25) is 4.99 Å². The van der Waals surface area contributed by atoms with E-state index in [2.05, 4.69) is 32.7 Å². The van der Waals surface area contributed by atoms with E-state index in [0.29, 0.717) is 35.7 Å². The molecule has 26 heavy (non-hydrogen) atoms. The highest BCUT2D eigenvalue weighted by molar-refractivity contribution is 6.30. The van der Waals surface area contributed by atoms with Gasteiger partial charge >= 0.3 is 0 Å². The first kappa shape index (κ1) is 18.7. The lowest BCUT2D eigenvalue weighted by molar-refractivity contribution is 0.324. The molecule has 1 saturated carbocycles. The number of halogens is 1. The second-order valence-corrected chi connectivity index (χ2v) is 7.32. The molecule has 2 aromatic rings. The van der Waals surface area contributed by atoms with Crippen molar-refractivity contribution in [3.05, 3.63) is 35.2 Å². The lowest BCUT2D eigenvalue weighted by Gasteiger charge is -2.28. The number of aromatic nitrogens is 2. The minimum absolute atomic E-state index is 0.503. The lowest BCUT2D eigenvalue weighted by Crippen LogP contribution is -2.45. The first-order valence-corrected chi connectivity index (χ1v) is 9.57. The molecule has 3 rings (SSSR count). The molecule has 1 aromatic carbocycles. The average molecular weight is 376 g/mol. The highest BCUT2D eigenvalue weighted by Gasteiger charge is 2.19. The predicted octanol–water partition coefficient (Wildman–Crippen LogP) is 3.68. The van der Waals surface area contributed by atoms with Gasteiger partial charge in [-0.25, -0.2) is 0 Å². The van der Waals surface area contributed by atoms with Crippen molar-refractivity contribution in [2.75, 3.05) is 13.6 Å². The zero-order valence-electron chi connectivity index (χ0n) is 15.3. The second kappa shape index (κ2) is 9.03. The van der Waals surface area contributed by atoms with E-state index in [1.807, 2.05) is 24.3 Å². The maximum absolute atomic E-state index is 6.01. The van der Waals surface area contributed by atoms with Crippen LogP contribution in [0.5, 0.6) is 0 Å². The third kappa shape index (κ3) is 5.21. The van der Waals surface area contributed by atoms with Crippen molar-refractivity contribution in [3.63, 3.8) is 0 Å². The van der Waals surface area contributed by atoms with E-state index in [1.54, 1.807) is 7.05 Å². The molecular weight excluding hydrogens is 350 g/mol. The van der Waals surface area contributed by atoms with E-state index in [1.165, 1.54) is 25.7 Å². The molecule has 140 valence electrons. The van der Waals surface area contributed by atoms with Gasteiger partial charge in [-0.1, -0.05) is 48.7 Å². The van der Waals surface area contributed by atoms with Crippen LogP contribution in [0.2, 0.25) is 5.02 Å². The number of hydrogen-bond acceptors (Lipinski definition) is 4. The summed E-state index contributed by atoms with van der Waals surface area (Å²) < 4.78 is 5.33. The fourth-order valence-corrected chi connectivity index (χ4v) is 3.53. The van der Waals surface area contributed by atoms with E-state index in [-0.39, 0.29) is 0 Å². The first-order chi connectivity index (χ1) is 12.6. The molecular formula is C19H26ClN5O. The number of benzene rings is 1. The summed E-state index contributed by atoms with van der Waals surface area (Å²) >= 11 is 6.01. The van der Waals surface area contributed by atoms with Crippen molar-refractivity contribution in [2.45, 2.75) is 45.1 Å². The van der Waals surface area contributed by atoms with E-state index >= 15 is 0 Å². The van der Waals surface area contributed by atoms with Crippen molar-refractivity contribution in [2.24, 2.45) is 10.9 Å². The molecule has 0 bridgehead atoms. The van der Waals surface area contributed by atoms with Crippen molar-refractivity contribution in [1.82, 2.24) is 20.8 Å². The predicted molar refractivity (Wildman–Crippen MR) is 104 cm³/mol. The van der Waals surface area contributed by atoms with Gasteiger partial charge in [0, 0.05) is 36.6 Å². The Morgan fingerprint density at radius 2 is 2.27 bits per heavy atom. The van der Waals surface area contributed by atoms with Gasteiger partial charge in [0.05, 0.1) is 0 Å². The Balaban J connectivity index is 1.48. The van der Waals surface area contributed by atoms with Crippen molar-refractivity contribution < 1.29 is 4.52 Å². The smallest absolute Gasteiger partial charge is 0.228 e. The average Bonchev–Trinajstić information content (AvgIpc) is 3.10. The maximum atomic E-state index is 6.01. The molecule has 1 aromatic heterocycles. The molecule has 1 fully saturated rings. The number of nitrogens with zero attached hydrogens (tertiary/aromatic N) is 3. The highest BCUT2D eigenvalue weighted by Crippen LogP contribution is 2.23. The zero-order valence-corrected chi connectivity index (χ0v) is 16.1. The van der Waals surface area contributed by atoms with Crippen LogP contribution in [0, 0.1) is 5.92 Å². The molecule has 0 amide bonds. The van der Waals surface area contributed by atoms with Gasteiger partial charge in [0.15, 0.2) is 5.96 Å². The van der Waals surface area contributed by atoms with Crippen molar-refractivity contribution in [3.8, 4) is 11.4 Å². The Morgan fingerprint density at radius 1 is 1.38 bits per heavy atom. The molecule has 0 spiro atoms. The van der Waals surface area contributed by atoms with Crippen LogP contribution in [0.4, 0.5) is 0 Å². The number of hydrogen-bond donors (Lipinski definition) is 2. The molecule has 0 aliphatic heterocycles.